The molecule has 2 N–H and O–H groups in total. The van der Waals surface area contributed by atoms with Crippen molar-refractivity contribution in [3.05, 3.63) is 0 Å². The average Bonchev–Trinajstić information content (AvgIpc) is 2.24. The summed E-state index contributed by atoms with van der Waals surface area (Å²) in [6.45, 7) is 3.01. The molecule has 0 rings (SSSR count). The molecule has 0 aromatic rings. The van der Waals surface area contributed by atoms with Crippen molar-refractivity contribution < 1.29 is 24.2 Å². The van der Waals surface area contributed by atoms with Crippen LogP contribution in [-0.4, -0.2) is 36.1 Å². The lowest BCUT2D eigenvalue weighted by Gasteiger charge is -2.14. The average molecular weight is 231 g/mol. The van der Waals surface area contributed by atoms with Crippen LogP contribution in [-0.2, 0) is 19.1 Å². The molecule has 0 radical (unpaired) electrons. The van der Waals surface area contributed by atoms with Crippen LogP contribution in [0.2, 0.25) is 0 Å². The molecule has 0 saturated heterocycles. The number of ether oxygens (including phenoxy) is 1. The number of aliphatic carboxylic acids is 1. The molecule has 6 heteroatoms. The van der Waals surface area contributed by atoms with E-state index in [4.69, 9.17) is 5.11 Å². The molecule has 2 atom stereocenters. The van der Waals surface area contributed by atoms with Crippen molar-refractivity contribution in [1.82, 2.24) is 5.32 Å². The van der Waals surface area contributed by atoms with Crippen LogP contribution in [0.3, 0.4) is 0 Å². The highest BCUT2D eigenvalue weighted by molar-refractivity contribution is 5.84. The third-order valence-corrected chi connectivity index (χ3v) is 2.19. The van der Waals surface area contributed by atoms with E-state index >= 15 is 0 Å². The highest BCUT2D eigenvalue weighted by Gasteiger charge is 2.19. The second-order valence-electron chi connectivity index (χ2n) is 3.58. The molecule has 6 nitrogen and oxygen atoms in total. The number of carboxylic acids is 1. The number of amides is 1. The maximum Gasteiger partial charge on any atom is 0.325 e. The van der Waals surface area contributed by atoms with E-state index in [-0.39, 0.29) is 18.3 Å². The van der Waals surface area contributed by atoms with Gasteiger partial charge in [-0.25, -0.2) is 0 Å². The zero-order valence-corrected chi connectivity index (χ0v) is 9.65. The van der Waals surface area contributed by atoms with Gasteiger partial charge in [0.05, 0.1) is 7.11 Å². The maximum atomic E-state index is 11.4. The van der Waals surface area contributed by atoms with Crippen LogP contribution >= 0.6 is 0 Å². The fraction of sp³-hybridized carbons (Fsp3) is 0.700. The van der Waals surface area contributed by atoms with Crippen molar-refractivity contribution in [2.24, 2.45) is 5.92 Å². The number of rotatable bonds is 6. The summed E-state index contributed by atoms with van der Waals surface area (Å²) < 4.78 is 4.43. The highest BCUT2D eigenvalue weighted by atomic mass is 16.5. The van der Waals surface area contributed by atoms with Gasteiger partial charge in [0.1, 0.15) is 6.04 Å². The van der Waals surface area contributed by atoms with Crippen molar-refractivity contribution >= 4 is 17.8 Å². The Balaban J connectivity index is 3.99. The topological polar surface area (TPSA) is 92.7 Å². The monoisotopic (exact) mass is 231 g/mol. The van der Waals surface area contributed by atoms with E-state index in [9.17, 15) is 14.4 Å². The first-order valence-corrected chi connectivity index (χ1v) is 4.98. The van der Waals surface area contributed by atoms with Gasteiger partial charge in [-0.2, -0.15) is 0 Å². The molecule has 0 spiro atoms. The second-order valence-corrected chi connectivity index (χ2v) is 3.58. The predicted molar refractivity (Wildman–Crippen MR) is 55.7 cm³/mol. The Kier molecular flexibility index (Phi) is 6.14. The van der Waals surface area contributed by atoms with Crippen LogP contribution in [0.1, 0.15) is 26.7 Å². The van der Waals surface area contributed by atoms with Gasteiger partial charge < -0.3 is 15.2 Å². The molecule has 0 heterocycles. The zero-order valence-electron chi connectivity index (χ0n) is 9.65. The summed E-state index contributed by atoms with van der Waals surface area (Å²) in [6.07, 6.45) is 0.484. The van der Waals surface area contributed by atoms with Gasteiger partial charge in [-0.3, -0.25) is 14.4 Å². The largest absolute Gasteiger partial charge is 0.480 e. The Bertz CT molecular complexity index is 276. The van der Waals surface area contributed by atoms with Gasteiger partial charge in [0.2, 0.25) is 5.91 Å². The van der Waals surface area contributed by atoms with Crippen molar-refractivity contribution in [2.75, 3.05) is 7.11 Å². The molecule has 0 bridgehead atoms. The maximum absolute atomic E-state index is 11.4. The van der Waals surface area contributed by atoms with E-state index < -0.39 is 17.9 Å². The lowest BCUT2D eigenvalue weighted by molar-refractivity contribution is -0.143. The van der Waals surface area contributed by atoms with Crippen molar-refractivity contribution in [2.45, 2.75) is 32.7 Å². The number of methoxy groups -OCH3 is 1. The first-order valence-electron chi connectivity index (χ1n) is 4.98. The van der Waals surface area contributed by atoms with E-state index in [1.165, 1.54) is 14.0 Å². The smallest absolute Gasteiger partial charge is 0.325 e. The summed E-state index contributed by atoms with van der Waals surface area (Å²) in [4.78, 5) is 32.7. The fourth-order valence-electron chi connectivity index (χ4n) is 0.985. The van der Waals surface area contributed by atoms with Gasteiger partial charge in [-0.1, -0.05) is 6.92 Å². The van der Waals surface area contributed by atoms with Gasteiger partial charge in [0, 0.05) is 12.3 Å². The number of nitrogens with one attached hydrogen (secondary N) is 1. The first kappa shape index (κ1) is 14.4. The third kappa shape index (κ3) is 5.33. The summed E-state index contributed by atoms with van der Waals surface area (Å²) in [5, 5.41) is 10.9. The Morgan fingerprint density at radius 1 is 1.31 bits per heavy atom. The van der Waals surface area contributed by atoms with Crippen LogP contribution in [0, 0.1) is 5.92 Å². The molecular formula is C10H17NO5. The van der Waals surface area contributed by atoms with Gasteiger partial charge in [0.25, 0.3) is 0 Å². The molecule has 0 aromatic carbocycles. The number of hydrogen-bond acceptors (Lipinski definition) is 4. The molecule has 0 aliphatic heterocycles. The number of hydrogen-bond donors (Lipinski definition) is 2. The summed E-state index contributed by atoms with van der Waals surface area (Å²) in [5.74, 6) is -2.26. The first-order chi connectivity index (χ1) is 7.38. The predicted octanol–water partition coefficient (Wildman–Crippen LogP) is 0.165. The quantitative estimate of drug-likeness (QED) is 0.635. The highest BCUT2D eigenvalue weighted by Crippen LogP contribution is 2.06. The SMILES string of the molecule is COC(=O)CCC(C)C(=O)N[C@@H](C)C(=O)O. The lowest BCUT2D eigenvalue weighted by atomic mass is 10.0. The van der Waals surface area contributed by atoms with Crippen molar-refractivity contribution in [3.63, 3.8) is 0 Å². The zero-order chi connectivity index (χ0) is 12.7. The summed E-state index contributed by atoms with van der Waals surface area (Å²) in [6, 6.07) is -0.923. The normalized spacial score (nSPS) is 13.7. The molecule has 0 fully saturated rings. The van der Waals surface area contributed by atoms with Gasteiger partial charge in [-0.05, 0) is 13.3 Å². The Morgan fingerprint density at radius 3 is 2.31 bits per heavy atom. The number of esters is 1. The van der Waals surface area contributed by atoms with Crippen LogP contribution in [0.4, 0.5) is 0 Å². The van der Waals surface area contributed by atoms with Crippen LogP contribution < -0.4 is 5.32 Å². The standard InChI is InChI=1S/C10H17NO5/c1-6(4-5-8(12)16-3)9(13)11-7(2)10(14)15/h6-7H,4-5H2,1-3H3,(H,11,13)(H,14,15)/t6?,7-/m0/s1. The number of carboxylic acid groups (broad SMARTS) is 1. The molecule has 0 saturated carbocycles. The summed E-state index contributed by atoms with van der Waals surface area (Å²) in [7, 11) is 1.28. The van der Waals surface area contributed by atoms with E-state index in [1.54, 1.807) is 6.92 Å². The van der Waals surface area contributed by atoms with Crippen LogP contribution in [0.25, 0.3) is 0 Å². The Labute approximate surface area is 94.0 Å². The summed E-state index contributed by atoms with van der Waals surface area (Å²) in [5.41, 5.74) is 0. The Hall–Kier alpha value is -1.59. The molecule has 1 amide bonds. The van der Waals surface area contributed by atoms with E-state index in [2.05, 4.69) is 10.1 Å². The van der Waals surface area contributed by atoms with Crippen molar-refractivity contribution in [1.29, 1.82) is 0 Å². The lowest BCUT2D eigenvalue weighted by Crippen LogP contribution is -2.41. The van der Waals surface area contributed by atoms with Gasteiger partial charge >= 0.3 is 11.9 Å². The number of carbonyl (C=O) groups is 3. The molecule has 0 aromatic heterocycles. The summed E-state index contributed by atoms with van der Waals surface area (Å²) >= 11 is 0. The van der Waals surface area contributed by atoms with E-state index in [1.807, 2.05) is 0 Å². The minimum Gasteiger partial charge on any atom is -0.480 e. The molecule has 0 aliphatic carbocycles. The van der Waals surface area contributed by atoms with Crippen LogP contribution in [0.5, 0.6) is 0 Å². The molecular weight excluding hydrogens is 214 g/mol. The molecule has 0 aliphatic rings. The van der Waals surface area contributed by atoms with E-state index in [0.29, 0.717) is 6.42 Å². The molecule has 92 valence electrons. The minimum absolute atomic E-state index is 0.145. The third-order valence-electron chi connectivity index (χ3n) is 2.19. The van der Waals surface area contributed by atoms with E-state index in [0.717, 1.165) is 0 Å². The molecule has 16 heavy (non-hydrogen) atoms. The van der Waals surface area contributed by atoms with Crippen molar-refractivity contribution in [3.8, 4) is 0 Å². The minimum atomic E-state index is -1.09. The van der Waals surface area contributed by atoms with Gasteiger partial charge in [-0.15, -0.1) is 0 Å². The Morgan fingerprint density at radius 2 is 1.88 bits per heavy atom. The second kappa shape index (κ2) is 6.81. The fourth-order valence-corrected chi connectivity index (χ4v) is 0.985. The van der Waals surface area contributed by atoms with Crippen LogP contribution in [0.15, 0.2) is 0 Å². The number of carbonyl (C=O) groups excluding carboxylic acids is 2. The van der Waals surface area contributed by atoms with Gasteiger partial charge in [0.15, 0.2) is 0 Å². The molecule has 1 unspecified atom stereocenters.